The number of nitrogens with zero attached hydrogens (tertiary/aromatic N) is 2. The van der Waals surface area contributed by atoms with Crippen LogP contribution in [0, 0.1) is 0 Å². The second-order valence-corrected chi connectivity index (χ2v) is 7.01. The molecule has 2 aromatic carbocycles. The van der Waals surface area contributed by atoms with Gasteiger partial charge in [0.1, 0.15) is 0 Å². The van der Waals surface area contributed by atoms with Crippen molar-refractivity contribution >= 4 is 28.5 Å². The summed E-state index contributed by atoms with van der Waals surface area (Å²) in [5, 5.41) is 6.74. The molecule has 1 fully saturated rings. The first-order valence-electron chi connectivity index (χ1n) is 9.37. The average molecular weight is 374 g/mol. The lowest BCUT2D eigenvalue weighted by Gasteiger charge is -2.25. The minimum absolute atomic E-state index is 0.0224. The van der Waals surface area contributed by atoms with Crippen LogP contribution in [0.25, 0.3) is 10.9 Å². The summed E-state index contributed by atoms with van der Waals surface area (Å²) in [6, 6.07) is 18.8. The number of anilines is 1. The van der Waals surface area contributed by atoms with E-state index in [4.69, 9.17) is 0 Å². The van der Waals surface area contributed by atoms with Crippen molar-refractivity contribution in [1.82, 2.24) is 15.2 Å². The number of nitrogens with one attached hydrogen (secondary N) is 2. The number of rotatable bonds is 4. The molecule has 0 saturated carbocycles. The summed E-state index contributed by atoms with van der Waals surface area (Å²) in [5.41, 5.74) is 2.47. The van der Waals surface area contributed by atoms with E-state index in [-0.39, 0.29) is 24.0 Å². The number of likely N-dealkylation sites (tertiary alicyclic amines) is 1. The Kier molecular flexibility index (Phi) is 4.93. The highest BCUT2D eigenvalue weighted by Gasteiger charge is 2.34. The van der Waals surface area contributed by atoms with Gasteiger partial charge in [-0.3, -0.25) is 9.78 Å². The summed E-state index contributed by atoms with van der Waals surface area (Å²) < 4.78 is 0. The van der Waals surface area contributed by atoms with Crippen molar-refractivity contribution in [3.63, 3.8) is 0 Å². The number of hydrogen-bond donors (Lipinski definition) is 2. The van der Waals surface area contributed by atoms with Gasteiger partial charge >= 0.3 is 6.03 Å². The monoisotopic (exact) mass is 374 g/mol. The third kappa shape index (κ3) is 3.67. The van der Waals surface area contributed by atoms with Gasteiger partial charge in [0.25, 0.3) is 0 Å². The number of para-hydroxylation sites is 1. The van der Waals surface area contributed by atoms with Crippen LogP contribution in [0.4, 0.5) is 10.5 Å². The molecule has 0 spiro atoms. The Balaban J connectivity index is 1.41. The Hall–Kier alpha value is -3.41. The van der Waals surface area contributed by atoms with Gasteiger partial charge in [-0.05, 0) is 24.6 Å². The Morgan fingerprint density at radius 3 is 2.71 bits per heavy atom. The molecule has 1 aromatic heterocycles. The van der Waals surface area contributed by atoms with Crippen LogP contribution in [0.3, 0.4) is 0 Å². The van der Waals surface area contributed by atoms with Gasteiger partial charge in [0.2, 0.25) is 5.91 Å². The average Bonchev–Trinajstić information content (AvgIpc) is 3.08. The number of aromatic nitrogens is 1. The fraction of sp³-hybridized carbons (Fsp3) is 0.227. The lowest BCUT2D eigenvalue weighted by atomic mass is 10.1. The molecular weight excluding hydrogens is 352 g/mol. The van der Waals surface area contributed by atoms with E-state index in [0.29, 0.717) is 18.7 Å². The molecule has 28 heavy (non-hydrogen) atoms. The number of fused-ring (bicyclic) bond motifs is 1. The van der Waals surface area contributed by atoms with Crippen LogP contribution in [-0.4, -0.2) is 34.4 Å². The maximum absolute atomic E-state index is 12.5. The van der Waals surface area contributed by atoms with E-state index in [1.807, 2.05) is 72.5 Å². The molecule has 2 atom stereocenters. The highest BCUT2D eigenvalue weighted by Crippen LogP contribution is 2.26. The summed E-state index contributed by atoms with van der Waals surface area (Å²) in [5.74, 6) is 0.0495. The van der Waals surface area contributed by atoms with Crippen molar-refractivity contribution in [2.45, 2.75) is 25.4 Å². The van der Waals surface area contributed by atoms with Crippen molar-refractivity contribution in [1.29, 1.82) is 0 Å². The molecule has 1 aliphatic heterocycles. The molecule has 1 aliphatic rings. The van der Waals surface area contributed by atoms with Crippen LogP contribution in [0.15, 0.2) is 66.9 Å². The van der Waals surface area contributed by atoms with Gasteiger partial charge in [-0.25, -0.2) is 4.79 Å². The Labute approximate surface area is 163 Å². The number of benzene rings is 2. The zero-order chi connectivity index (χ0) is 19.5. The maximum atomic E-state index is 12.5. The predicted octanol–water partition coefficient (Wildman–Crippen LogP) is 3.72. The molecular formula is C22H22N4O2. The molecule has 2 N–H and O–H groups in total. The van der Waals surface area contributed by atoms with E-state index < -0.39 is 0 Å². The van der Waals surface area contributed by atoms with E-state index in [2.05, 4.69) is 15.6 Å². The summed E-state index contributed by atoms with van der Waals surface area (Å²) in [7, 11) is 0. The SMILES string of the molecule is CC(c1ccccc1)N1CC(NC(=O)Nc2cccc3cccnc23)CC1=O. The van der Waals surface area contributed by atoms with Crippen molar-refractivity contribution in [2.75, 3.05) is 11.9 Å². The summed E-state index contributed by atoms with van der Waals surface area (Å²) in [4.78, 5) is 31.1. The number of urea groups is 1. The highest BCUT2D eigenvalue weighted by atomic mass is 16.2. The second kappa shape index (κ2) is 7.68. The van der Waals surface area contributed by atoms with Crippen molar-refractivity contribution in [2.24, 2.45) is 0 Å². The number of hydrogen-bond acceptors (Lipinski definition) is 3. The third-order valence-corrected chi connectivity index (χ3v) is 5.12. The number of amides is 3. The molecule has 0 bridgehead atoms. The number of pyridine rings is 1. The minimum atomic E-state index is -0.329. The third-order valence-electron chi connectivity index (χ3n) is 5.12. The minimum Gasteiger partial charge on any atom is -0.334 e. The lowest BCUT2D eigenvalue weighted by molar-refractivity contribution is -0.129. The van der Waals surface area contributed by atoms with E-state index >= 15 is 0 Å². The zero-order valence-electron chi connectivity index (χ0n) is 15.6. The molecule has 0 radical (unpaired) electrons. The smallest absolute Gasteiger partial charge is 0.319 e. The molecule has 4 rings (SSSR count). The lowest BCUT2D eigenvalue weighted by Crippen LogP contribution is -2.40. The topological polar surface area (TPSA) is 74.3 Å². The summed E-state index contributed by atoms with van der Waals surface area (Å²) in [6.07, 6.45) is 2.00. The van der Waals surface area contributed by atoms with Crippen LogP contribution >= 0.6 is 0 Å². The van der Waals surface area contributed by atoms with E-state index in [0.717, 1.165) is 16.5 Å². The van der Waals surface area contributed by atoms with Crippen LogP contribution in [-0.2, 0) is 4.79 Å². The van der Waals surface area contributed by atoms with E-state index in [9.17, 15) is 9.59 Å². The molecule has 1 saturated heterocycles. The molecule has 2 heterocycles. The van der Waals surface area contributed by atoms with Gasteiger partial charge < -0.3 is 15.5 Å². The number of carbonyl (C=O) groups is 2. The van der Waals surface area contributed by atoms with Gasteiger partial charge in [0, 0.05) is 24.5 Å². The van der Waals surface area contributed by atoms with Crippen LogP contribution in [0.2, 0.25) is 0 Å². The second-order valence-electron chi connectivity index (χ2n) is 7.01. The predicted molar refractivity (Wildman–Crippen MR) is 109 cm³/mol. The summed E-state index contributed by atoms with van der Waals surface area (Å²) in [6.45, 7) is 2.51. The van der Waals surface area contributed by atoms with Crippen molar-refractivity contribution in [3.8, 4) is 0 Å². The number of carbonyl (C=O) groups excluding carboxylic acids is 2. The van der Waals surface area contributed by atoms with Gasteiger partial charge in [-0.1, -0.05) is 48.5 Å². The quantitative estimate of drug-likeness (QED) is 0.731. The van der Waals surface area contributed by atoms with Crippen LogP contribution in [0.1, 0.15) is 24.9 Å². The molecule has 142 valence electrons. The van der Waals surface area contributed by atoms with Crippen LogP contribution in [0.5, 0.6) is 0 Å². The van der Waals surface area contributed by atoms with Crippen molar-refractivity contribution < 1.29 is 9.59 Å². The highest BCUT2D eigenvalue weighted by molar-refractivity contribution is 5.99. The fourth-order valence-electron chi connectivity index (χ4n) is 3.66. The molecule has 6 nitrogen and oxygen atoms in total. The van der Waals surface area contributed by atoms with Gasteiger partial charge in [0.05, 0.1) is 23.3 Å². The maximum Gasteiger partial charge on any atom is 0.319 e. The molecule has 3 amide bonds. The Morgan fingerprint density at radius 1 is 1.11 bits per heavy atom. The molecule has 0 aliphatic carbocycles. The molecule has 2 unspecified atom stereocenters. The van der Waals surface area contributed by atoms with Gasteiger partial charge in [0.15, 0.2) is 0 Å². The Bertz CT molecular complexity index is 1000. The van der Waals surface area contributed by atoms with Gasteiger partial charge in [-0.15, -0.1) is 0 Å². The standard InChI is InChI=1S/C22H22N4O2/c1-15(16-7-3-2-4-8-16)26-14-18(13-20(26)27)24-22(28)25-19-11-5-9-17-10-6-12-23-21(17)19/h2-12,15,18H,13-14H2,1H3,(H2,24,25,28). The van der Waals surface area contributed by atoms with E-state index in [1.165, 1.54) is 0 Å². The first-order chi connectivity index (χ1) is 13.6. The first-order valence-corrected chi connectivity index (χ1v) is 9.37. The zero-order valence-corrected chi connectivity index (χ0v) is 15.6. The first kappa shape index (κ1) is 18.0. The largest absolute Gasteiger partial charge is 0.334 e. The van der Waals surface area contributed by atoms with Gasteiger partial charge in [-0.2, -0.15) is 0 Å². The molecule has 3 aromatic rings. The normalized spacial score (nSPS) is 17.5. The van der Waals surface area contributed by atoms with Crippen molar-refractivity contribution in [3.05, 3.63) is 72.4 Å². The Morgan fingerprint density at radius 2 is 1.89 bits per heavy atom. The van der Waals surface area contributed by atoms with Crippen LogP contribution < -0.4 is 10.6 Å². The fourth-order valence-corrected chi connectivity index (χ4v) is 3.66. The van der Waals surface area contributed by atoms with E-state index in [1.54, 1.807) is 6.20 Å². The summed E-state index contributed by atoms with van der Waals surface area (Å²) >= 11 is 0. The molecule has 6 heteroatoms.